The van der Waals surface area contributed by atoms with Crippen molar-refractivity contribution in [1.82, 2.24) is 5.32 Å². The zero-order valence-electron chi connectivity index (χ0n) is 16.9. The highest BCUT2D eigenvalue weighted by molar-refractivity contribution is 7.92. The topological polar surface area (TPSA) is 75.7 Å². The minimum absolute atomic E-state index is 0.326. The fourth-order valence-corrected chi connectivity index (χ4v) is 4.54. The summed E-state index contributed by atoms with van der Waals surface area (Å²) in [6, 6.07) is 13.3. The van der Waals surface area contributed by atoms with Gasteiger partial charge in [-0.1, -0.05) is 36.7 Å². The Morgan fingerprint density at radius 1 is 1.17 bits per heavy atom. The van der Waals surface area contributed by atoms with Gasteiger partial charge in [-0.05, 0) is 55.2 Å². The summed E-state index contributed by atoms with van der Waals surface area (Å²) in [5.74, 6) is 0.284. The summed E-state index contributed by atoms with van der Waals surface area (Å²) in [4.78, 5) is 12.8. The number of sulfonamides is 1. The molecular weight excluding hydrogens is 412 g/mol. The van der Waals surface area contributed by atoms with Crippen LogP contribution in [-0.4, -0.2) is 40.3 Å². The molecule has 29 heavy (non-hydrogen) atoms. The van der Waals surface area contributed by atoms with E-state index in [0.29, 0.717) is 35.8 Å². The van der Waals surface area contributed by atoms with Crippen molar-refractivity contribution in [3.05, 3.63) is 59.1 Å². The monoisotopic (exact) mass is 438 g/mol. The Morgan fingerprint density at radius 3 is 2.38 bits per heavy atom. The second-order valence-electron chi connectivity index (χ2n) is 6.67. The van der Waals surface area contributed by atoms with E-state index >= 15 is 0 Å². The van der Waals surface area contributed by atoms with Crippen LogP contribution in [0.15, 0.2) is 48.5 Å². The molecule has 0 aliphatic heterocycles. The van der Waals surface area contributed by atoms with Gasteiger partial charge in [-0.15, -0.1) is 0 Å². The van der Waals surface area contributed by atoms with Gasteiger partial charge < -0.3 is 10.1 Å². The van der Waals surface area contributed by atoms with Gasteiger partial charge in [-0.3, -0.25) is 9.10 Å². The molecule has 2 aromatic carbocycles. The maximum atomic E-state index is 12.8. The number of ether oxygens (including phenoxy) is 1. The molecule has 0 aliphatic rings. The molecular formula is C21H27ClN2O4S. The highest BCUT2D eigenvalue weighted by Gasteiger charge is 2.31. The molecule has 0 heterocycles. The van der Waals surface area contributed by atoms with Crippen LogP contribution in [0, 0.1) is 0 Å². The fourth-order valence-electron chi connectivity index (χ4n) is 3.10. The first-order valence-electron chi connectivity index (χ1n) is 9.42. The van der Waals surface area contributed by atoms with Crippen molar-refractivity contribution in [2.75, 3.05) is 24.2 Å². The van der Waals surface area contributed by atoms with E-state index < -0.39 is 16.1 Å². The number of carbonyl (C=O) groups excluding carboxylic acids is 1. The zero-order chi connectivity index (χ0) is 21.4. The Hall–Kier alpha value is -2.25. The first-order valence-corrected chi connectivity index (χ1v) is 11.6. The predicted octanol–water partition coefficient (Wildman–Crippen LogP) is 3.64. The van der Waals surface area contributed by atoms with Gasteiger partial charge in [0.1, 0.15) is 11.8 Å². The van der Waals surface area contributed by atoms with Gasteiger partial charge in [0.25, 0.3) is 0 Å². The number of rotatable bonds is 10. The number of benzene rings is 2. The van der Waals surface area contributed by atoms with Crippen molar-refractivity contribution in [3.63, 3.8) is 0 Å². The van der Waals surface area contributed by atoms with Crippen LogP contribution in [0.3, 0.4) is 0 Å². The molecule has 0 fully saturated rings. The summed E-state index contributed by atoms with van der Waals surface area (Å²) in [5, 5.41) is 3.56. The SMILES string of the molecule is CC[C@@H](C(=O)NCCCc1ccccc1Cl)N(c1ccc(OC)cc1)S(C)(=O)=O. The van der Waals surface area contributed by atoms with E-state index in [-0.39, 0.29) is 5.91 Å². The second kappa shape index (κ2) is 10.5. The predicted molar refractivity (Wildman–Crippen MR) is 117 cm³/mol. The van der Waals surface area contributed by atoms with Gasteiger partial charge in [0, 0.05) is 11.6 Å². The third-order valence-corrected chi connectivity index (χ3v) is 6.09. The number of carbonyl (C=O) groups is 1. The van der Waals surface area contributed by atoms with E-state index in [0.717, 1.165) is 22.5 Å². The third-order valence-electron chi connectivity index (χ3n) is 4.54. The summed E-state index contributed by atoms with van der Waals surface area (Å²) in [6.07, 6.45) is 2.87. The molecule has 0 unspecified atom stereocenters. The van der Waals surface area contributed by atoms with Crippen molar-refractivity contribution < 1.29 is 17.9 Å². The van der Waals surface area contributed by atoms with Gasteiger partial charge in [-0.25, -0.2) is 8.42 Å². The van der Waals surface area contributed by atoms with Crippen molar-refractivity contribution in [2.24, 2.45) is 0 Å². The lowest BCUT2D eigenvalue weighted by molar-refractivity contribution is -0.122. The Balaban J connectivity index is 2.06. The summed E-state index contributed by atoms with van der Waals surface area (Å²) >= 11 is 6.15. The molecule has 1 N–H and O–H groups in total. The summed E-state index contributed by atoms with van der Waals surface area (Å²) in [5.41, 5.74) is 1.44. The first-order chi connectivity index (χ1) is 13.8. The van der Waals surface area contributed by atoms with E-state index in [2.05, 4.69) is 5.32 Å². The third kappa shape index (κ3) is 6.37. The van der Waals surface area contributed by atoms with Gasteiger partial charge >= 0.3 is 0 Å². The maximum absolute atomic E-state index is 12.8. The molecule has 6 nitrogen and oxygen atoms in total. The molecule has 2 aromatic rings. The van der Waals surface area contributed by atoms with Gasteiger partial charge in [0.15, 0.2) is 0 Å². The highest BCUT2D eigenvalue weighted by Crippen LogP contribution is 2.25. The average molecular weight is 439 g/mol. The highest BCUT2D eigenvalue weighted by atomic mass is 35.5. The molecule has 8 heteroatoms. The van der Waals surface area contributed by atoms with Gasteiger partial charge in [0.2, 0.25) is 15.9 Å². The minimum atomic E-state index is -3.66. The van der Waals surface area contributed by atoms with Gasteiger partial charge in [0.05, 0.1) is 19.1 Å². The molecule has 0 saturated heterocycles. The summed E-state index contributed by atoms with van der Waals surface area (Å²) in [6.45, 7) is 2.22. The van der Waals surface area contributed by atoms with Crippen LogP contribution in [0.5, 0.6) is 5.75 Å². The molecule has 0 spiro atoms. The number of hydrogen-bond donors (Lipinski definition) is 1. The maximum Gasteiger partial charge on any atom is 0.243 e. The van der Waals surface area contributed by atoms with Crippen molar-refractivity contribution in [3.8, 4) is 5.75 Å². The van der Waals surface area contributed by atoms with E-state index in [4.69, 9.17) is 16.3 Å². The van der Waals surface area contributed by atoms with E-state index in [1.165, 1.54) is 7.11 Å². The first kappa shape index (κ1) is 23.0. The Morgan fingerprint density at radius 2 is 1.83 bits per heavy atom. The van der Waals surface area contributed by atoms with Gasteiger partial charge in [-0.2, -0.15) is 0 Å². The zero-order valence-corrected chi connectivity index (χ0v) is 18.5. The molecule has 0 aliphatic carbocycles. The smallest absolute Gasteiger partial charge is 0.243 e. The lowest BCUT2D eigenvalue weighted by Crippen LogP contribution is -2.49. The van der Waals surface area contributed by atoms with Crippen LogP contribution in [0.25, 0.3) is 0 Å². The fraction of sp³-hybridized carbons (Fsp3) is 0.381. The number of nitrogens with zero attached hydrogens (tertiary/aromatic N) is 1. The standard InChI is InChI=1S/C21H27ClN2O4S/c1-4-20(21(25)23-15-7-9-16-8-5-6-10-19(16)22)24(29(3,26)27)17-11-13-18(28-2)14-12-17/h5-6,8,10-14,20H,4,7,9,15H2,1-3H3,(H,23,25)/t20-/m0/s1. The number of halogens is 1. The van der Waals surface area contributed by atoms with Crippen LogP contribution < -0.4 is 14.4 Å². The quantitative estimate of drug-likeness (QED) is 0.574. The number of hydrogen-bond acceptors (Lipinski definition) is 4. The van der Waals surface area contributed by atoms with Crippen LogP contribution >= 0.6 is 11.6 Å². The number of amides is 1. The second-order valence-corrected chi connectivity index (χ2v) is 8.93. The molecule has 1 atom stereocenters. The van der Waals surface area contributed by atoms with Crippen LogP contribution in [0.4, 0.5) is 5.69 Å². The Bertz CT molecular complexity index is 917. The van der Waals surface area contributed by atoms with Crippen LogP contribution in [0.2, 0.25) is 5.02 Å². The van der Waals surface area contributed by atoms with Crippen LogP contribution in [0.1, 0.15) is 25.3 Å². The molecule has 2 rings (SSSR count). The van der Waals surface area contributed by atoms with Crippen molar-refractivity contribution in [1.29, 1.82) is 0 Å². The molecule has 0 radical (unpaired) electrons. The molecule has 158 valence electrons. The van der Waals surface area contributed by atoms with E-state index in [1.54, 1.807) is 31.2 Å². The number of anilines is 1. The normalized spacial score (nSPS) is 12.3. The summed E-state index contributed by atoms with van der Waals surface area (Å²) < 4.78 is 31.2. The molecule has 0 saturated carbocycles. The van der Waals surface area contributed by atoms with Crippen molar-refractivity contribution in [2.45, 2.75) is 32.2 Å². The Kier molecular flexibility index (Phi) is 8.34. The Labute approximate surface area is 177 Å². The largest absolute Gasteiger partial charge is 0.497 e. The molecule has 0 bridgehead atoms. The lowest BCUT2D eigenvalue weighted by Gasteiger charge is -2.30. The number of aryl methyl sites for hydroxylation is 1. The van der Waals surface area contributed by atoms with E-state index in [1.807, 2.05) is 24.3 Å². The van der Waals surface area contributed by atoms with Crippen LogP contribution in [-0.2, 0) is 21.2 Å². The molecule has 0 aromatic heterocycles. The van der Waals surface area contributed by atoms with Crippen molar-refractivity contribution >= 4 is 33.2 Å². The van der Waals surface area contributed by atoms with E-state index in [9.17, 15) is 13.2 Å². The minimum Gasteiger partial charge on any atom is -0.497 e. The number of methoxy groups -OCH3 is 1. The lowest BCUT2D eigenvalue weighted by atomic mass is 10.1. The average Bonchev–Trinajstić information content (AvgIpc) is 2.69. The summed E-state index contributed by atoms with van der Waals surface area (Å²) in [7, 11) is -2.12. The molecule has 1 amide bonds. The number of nitrogens with one attached hydrogen (secondary N) is 1.